The van der Waals surface area contributed by atoms with Crippen molar-refractivity contribution in [1.82, 2.24) is 9.55 Å². The minimum absolute atomic E-state index is 0.163. The van der Waals surface area contributed by atoms with Crippen LogP contribution in [0.3, 0.4) is 0 Å². The van der Waals surface area contributed by atoms with E-state index in [1.807, 2.05) is 47.9 Å². The molecular weight excluding hydrogens is 347 g/mol. The molecule has 1 heterocycles. The maximum atomic E-state index is 12.4. The van der Waals surface area contributed by atoms with Crippen molar-refractivity contribution in [3.05, 3.63) is 97.1 Å². The van der Waals surface area contributed by atoms with Gasteiger partial charge in [0.1, 0.15) is 12.1 Å². The molecule has 0 aliphatic heterocycles. The zero-order valence-electron chi connectivity index (χ0n) is 17.6. The molecular formula is C25H31FN2. The maximum Gasteiger partial charge on any atom is 0.123 e. The van der Waals surface area contributed by atoms with E-state index in [1.54, 1.807) is 12.4 Å². The zero-order valence-corrected chi connectivity index (χ0v) is 17.6. The van der Waals surface area contributed by atoms with Crippen molar-refractivity contribution in [2.75, 3.05) is 0 Å². The highest BCUT2D eigenvalue weighted by Gasteiger charge is 2.00. The molecule has 0 saturated carbocycles. The van der Waals surface area contributed by atoms with Gasteiger partial charge in [0, 0.05) is 5.70 Å². The monoisotopic (exact) mass is 378 g/mol. The molecule has 0 spiro atoms. The highest BCUT2D eigenvalue weighted by molar-refractivity contribution is 5.79. The number of fused-ring (bicyclic) bond motifs is 1. The van der Waals surface area contributed by atoms with Crippen molar-refractivity contribution < 1.29 is 4.39 Å². The summed E-state index contributed by atoms with van der Waals surface area (Å²) >= 11 is 0. The van der Waals surface area contributed by atoms with Gasteiger partial charge in [0.25, 0.3) is 0 Å². The second-order valence-corrected chi connectivity index (χ2v) is 6.87. The van der Waals surface area contributed by atoms with Crippen molar-refractivity contribution >= 4 is 16.7 Å². The van der Waals surface area contributed by atoms with Crippen LogP contribution in [0, 0.1) is 5.82 Å². The summed E-state index contributed by atoms with van der Waals surface area (Å²) in [5.41, 5.74) is 5.44. The molecule has 0 aliphatic rings. The summed E-state index contributed by atoms with van der Waals surface area (Å²) in [7, 11) is 0. The van der Waals surface area contributed by atoms with Gasteiger partial charge in [0.15, 0.2) is 0 Å². The molecule has 2 aromatic carbocycles. The molecule has 0 aliphatic carbocycles. The average molecular weight is 379 g/mol. The van der Waals surface area contributed by atoms with Crippen LogP contribution >= 0.6 is 0 Å². The number of aromatic nitrogens is 2. The van der Waals surface area contributed by atoms with E-state index in [-0.39, 0.29) is 5.82 Å². The third kappa shape index (κ3) is 7.36. The number of benzene rings is 2. The second kappa shape index (κ2) is 11.7. The Labute approximate surface area is 168 Å². The number of hydrogen-bond donors (Lipinski definition) is 0. The summed E-state index contributed by atoms with van der Waals surface area (Å²) in [4.78, 5) is 4.24. The fourth-order valence-electron chi connectivity index (χ4n) is 2.13. The van der Waals surface area contributed by atoms with Gasteiger partial charge in [-0.05, 0) is 62.6 Å². The van der Waals surface area contributed by atoms with E-state index in [9.17, 15) is 4.39 Å². The summed E-state index contributed by atoms with van der Waals surface area (Å²) in [5, 5.41) is 0. The Kier molecular flexibility index (Phi) is 9.66. The minimum atomic E-state index is -0.163. The highest BCUT2D eigenvalue weighted by atomic mass is 19.1. The third-order valence-corrected chi connectivity index (χ3v) is 4.11. The van der Waals surface area contributed by atoms with E-state index < -0.39 is 0 Å². The number of nitrogens with zero attached hydrogens (tertiary/aromatic N) is 2. The summed E-state index contributed by atoms with van der Waals surface area (Å²) in [5.74, 6) is 0.324. The topological polar surface area (TPSA) is 17.8 Å². The van der Waals surface area contributed by atoms with Gasteiger partial charge >= 0.3 is 0 Å². The number of halogens is 1. The first kappa shape index (κ1) is 23.1. The van der Waals surface area contributed by atoms with Gasteiger partial charge in [-0.3, -0.25) is 4.57 Å². The van der Waals surface area contributed by atoms with Crippen LogP contribution in [0.15, 0.2) is 85.7 Å². The first-order valence-electron chi connectivity index (χ1n) is 9.38. The van der Waals surface area contributed by atoms with Gasteiger partial charge in [-0.1, -0.05) is 62.9 Å². The van der Waals surface area contributed by atoms with Gasteiger partial charge in [0.2, 0.25) is 0 Å². The average Bonchev–Trinajstić information content (AvgIpc) is 3.13. The van der Waals surface area contributed by atoms with Crippen molar-refractivity contribution in [2.24, 2.45) is 0 Å². The molecule has 28 heavy (non-hydrogen) atoms. The lowest BCUT2D eigenvalue weighted by atomic mass is 10.0. The lowest BCUT2D eigenvalue weighted by Crippen LogP contribution is -1.89. The Morgan fingerprint density at radius 1 is 1.07 bits per heavy atom. The minimum Gasteiger partial charge on any atom is -0.299 e. The Balaban J connectivity index is 0.000000233. The SMILES string of the molecule is C=CC(=C)n1cnc2ccccc21.CC(C)c1ccc(F)cc1.CC=C(C)C. The fourth-order valence-corrected chi connectivity index (χ4v) is 2.13. The van der Waals surface area contributed by atoms with E-state index in [1.165, 1.54) is 23.3 Å². The summed E-state index contributed by atoms with van der Waals surface area (Å²) in [6.07, 6.45) is 5.56. The molecule has 3 aromatic rings. The Morgan fingerprint density at radius 3 is 2.14 bits per heavy atom. The van der Waals surface area contributed by atoms with Gasteiger partial charge in [0.05, 0.1) is 11.0 Å². The summed E-state index contributed by atoms with van der Waals surface area (Å²) in [6, 6.07) is 14.6. The third-order valence-electron chi connectivity index (χ3n) is 4.11. The summed E-state index contributed by atoms with van der Waals surface area (Å²) in [6.45, 7) is 17.9. The number of rotatable bonds is 3. The van der Waals surface area contributed by atoms with Crippen LogP contribution in [0.1, 0.15) is 46.1 Å². The van der Waals surface area contributed by atoms with Crippen LogP contribution < -0.4 is 0 Å². The first-order valence-corrected chi connectivity index (χ1v) is 9.38. The smallest absolute Gasteiger partial charge is 0.123 e. The standard InChI is InChI=1S/C11H10N2.C9H11F.C5H10/c1-3-9(2)13-8-12-10-6-4-5-7-11(10)13;1-7(2)8-3-5-9(10)6-4-8;1-4-5(2)3/h3-8H,1-2H2;3-7H,1-2H3;4H,1-3H3. The van der Waals surface area contributed by atoms with Crippen LogP contribution in [-0.2, 0) is 0 Å². The highest BCUT2D eigenvalue weighted by Crippen LogP contribution is 2.16. The molecule has 0 amide bonds. The van der Waals surface area contributed by atoms with Crippen molar-refractivity contribution in [3.63, 3.8) is 0 Å². The largest absolute Gasteiger partial charge is 0.299 e. The molecule has 0 unspecified atom stereocenters. The first-order chi connectivity index (χ1) is 13.3. The second-order valence-electron chi connectivity index (χ2n) is 6.87. The van der Waals surface area contributed by atoms with E-state index in [4.69, 9.17) is 0 Å². The molecule has 148 valence electrons. The van der Waals surface area contributed by atoms with Crippen LogP contribution in [0.2, 0.25) is 0 Å². The van der Waals surface area contributed by atoms with E-state index in [2.05, 4.69) is 51.9 Å². The van der Waals surface area contributed by atoms with Gasteiger partial charge < -0.3 is 0 Å². The number of hydrogen-bond acceptors (Lipinski definition) is 1. The molecule has 0 saturated heterocycles. The summed E-state index contributed by atoms with van der Waals surface area (Å²) < 4.78 is 14.3. The quantitative estimate of drug-likeness (QED) is 0.339. The van der Waals surface area contributed by atoms with E-state index in [0.29, 0.717) is 5.92 Å². The number of imidazole rings is 1. The van der Waals surface area contributed by atoms with Gasteiger partial charge in [-0.15, -0.1) is 0 Å². The predicted molar refractivity (Wildman–Crippen MR) is 121 cm³/mol. The Bertz CT molecular complexity index is 911. The molecule has 0 radical (unpaired) electrons. The van der Waals surface area contributed by atoms with Crippen molar-refractivity contribution in [3.8, 4) is 0 Å². The lowest BCUT2D eigenvalue weighted by Gasteiger charge is -2.02. The molecule has 3 heteroatoms. The molecule has 0 atom stereocenters. The van der Waals surface area contributed by atoms with Crippen LogP contribution in [-0.4, -0.2) is 9.55 Å². The van der Waals surface area contributed by atoms with Crippen LogP contribution in [0.25, 0.3) is 16.7 Å². The van der Waals surface area contributed by atoms with E-state index in [0.717, 1.165) is 16.7 Å². The van der Waals surface area contributed by atoms with Crippen molar-refractivity contribution in [1.29, 1.82) is 0 Å². The number of allylic oxidation sites excluding steroid dienone is 4. The Morgan fingerprint density at radius 2 is 1.64 bits per heavy atom. The van der Waals surface area contributed by atoms with E-state index >= 15 is 0 Å². The zero-order chi connectivity index (χ0) is 21.1. The van der Waals surface area contributed by atoms with Crippen LogP contribution in [0.4, 0.5) is 4.39 Å². The number of para-hydroxylation sites is 2. The van der Waals surface area contributed by atoms with Gasteiger partial charge in [-0.2, -0.15) is 0 Å². The predicted octanol–water partition coefficient (Wildman–Crippen LogP) is 7.61. The molecule has 3 rings (SSSR count). The molecule has 0 bridgehead atoms. The van der Waals surface area contributed by atoms with Crippen molar-refractivity contribution in [2.45, 2.75) is 40.5 Å². The molecule has 0 fully saturated rings. The molecule has 1 aromatic heterocycles. The molecule has 0 N–H and O–H groups in total. The molecule has 2 nitrogen and oxygen atoms in total. The maximum absolute atomic E-state index is 12.4. The van der Waals surface area contributed by atoms with Gasteiger partial charge in [-0.25, -0.2) is 9.37 Å². The lowest BCUT2D eigenvalue weighted by molar-refractivity contribution is 0.626. The van der Waals surface area contributed by atoms with Crippen LogP contribution in [0.5, 0.6) is 0 Å². The fraction of sp³-hybridized carbons (Fsp3) is 0.240. The normalized spacial score (nSPS) is 9.68. The Hall–Kier alpha value is -2.94.